The van der Waals surface area contributed by atoms with Gasteiger partial charge < -0.3 is 15.8 Å². The predicted molar refractivity (Wildman–Crippen MR) is 134 cm³/mol. The van der Waals surface area contributed by atoms with Crippen LogP contribution in [0.3, 0.4) is 0 Å². The van der Waals surface area contributed by atoms with Crippen molar-refractivity contribution in [2.45, 2.75) is 15.5 Å². The van der Waals surface area contributed by atoms with E-state index in [0.29, 0.717) is 27.6 Å². The molecular weight excluding hydrogens is 503 g/mol. The van der Waals surface area contributed by atoms with Crippen molar-refractivity contribution in [1.29, 1.82) is 0 Å². The van der Waals surface area contributed by atoms with Gasteiger partial charge in [-0.25, -0.2) is 8.42 Å². The van der Waals surface area contributed by atoms with Crippen LogP contribution >= 0.6 is 35.0 Å². The lowest BCUT2D eigenvalue weighted by atomic mass is 10.1. The van der Waals surface area contributed by atoms with Gasteiger partial charge in [-0.3, -0.25) is 4.79 Å². The van der Waals surface area contributed by atoms with Crippen LogP contribution in [-0.2, 0) is 20.4 Å². The molecule has 170 valence electrons. The normalized spacial score (nSPS) is 14.6. The van der Waals surface area contributed by atoms with Crippen molar-refractivity contribution in [3.05, 3.63) is 80.7 Å². The average Bonchev–Trinajstić information content (AvgIpc) is 2.77. The molecule has 10 heteroatoms. The summed E-state index contributed by atoms with van der Waals surface area (Å²) in [5, 5.41) is 3.32. The highest BCUT2D eigenvalue weighted by Gasteiger charge is 2.25. The highest BCUT2D eigenvalue weighted by Crippen LogP contribution is 2.41. The zero-order valence-corrected chi connectivity index (χ0v) is 20.4. The summed E-state index contributed by atoms with van der Waals surface area (Å²) in [5.74, 6) is -0.143. The molecule has 0 aliphatic carbocycles. The van der Waals surface area contributed by atoms with Gasteiger partial charge in [0.15, 0.2) is 9.84 Å². The first-order chi connectivity index (χ1) is 15.7. The first-order valence-electron chi connectivity index (χ1n) is 9.62. The Hall–Kier alpha value is -2.65. The molecule has 3 aromatic rings. The Morgan fingerprint density at radius 1 is 1.09 bits per heavy atom. The lowest BCUT2D eigenvalue weighted by molar-refractivity contribution is -0.112. The number of halogens is 2. The minimum atomic E-state index is -3.75. The van der Waals surface area contributed by atoms with Gasteiger partial charge >= 0.3 is 0 Å². The van der Waals surface area contributed by atoms with Gasteiger partial charge in [0.1, 0.15) is 5.75 Å². The number of methoxy groups -OCH3 is 1. The number of carbonyl (C=O) groups is 1. The Kier molecular flexibility index (Phi) is 6.63. The zero-order chi connectivity index (χ0) is 23.8. The number of sulfone groups is 1. The fourth-order valence-corrected chi connectivity index (χ4v) is 6.32. The number of benzene rings is 3. The third-order valence-corrected chi connectivity index (χ3v) is 8.40. The fourth-order valence-electron chi connectivity index (χ4n) is 3.27. The summed E-state index contributed by atoms with van der Waals surface area (Å²) in [7, 11) is -2.22. The molecule has 6 nitrogen and oxygen atoms in total. The molecule has 4 rings (SSSR count). The van der Waals surface area contributed by atoms with Crippen LogP contribution < -0.4 is 15.8 Å². The molecule has 0 unspecified atom stereocenters. The number of hydrogen-bond donors (Lipinski definition) is 2. The summed E-state index contributed by atoms with van der Waals surface area (Å²) >= 11 is 13.5. The minimum Gasteiger partial charge on any atom is -0.495 e. The molecule has 0 saturated heterocycles. The van der Waals surface area contributed by atoms with Gasteiger partial charge in [-0.1, -0.05) is 47.1 Å². The molecule has 0 atom stereocenters. The third kappa shape index (κ3) is 4.99. The topological polar surface area (TPSA) is 98.5 Å². The predicted octanol–water partition coefficient (Wildman–Crippen LogP) is 5.64. The van der Waals surface area contributed by atoms with Crippen LogP contribution in [0.4, 0.5) is 11.4 Å². The second-order valence-corrected chi connectivity index (χ2v) is 11.1. The van der Waals surface area contributed by atoms with Crippen LogP contribution in [0.15, 0.2) is 69.3 Å². The highest BCUT2D eigenvalue weighted by molar-refractivity contribution is 8.04. The van der Waals surface area contributed by atoms with Crippen LogP contribution in [0.25, 0.3) is 6.08 Å². The van der Waals surface area contributed by atoms with Gasteiger partial charge in [-0.2, -0.15) is 0 Å². The number of ether oxygens (including phenoxy) is 1. The Labute approximate surface area is 205 Å². The molecule has 0 saturated carbocycles. The van der Waals surface area contributed by atoms with E-state index in [-0.39, 0.29) is 26.6 Å². The van der Waals surface area contributed by atoms with E-state index in [4.69, 9.17) is 33.7 Å². The maximum Gasteiger partial charge on any atom is 0.262 e. The Bertz CT molecular complexity index is 1390. The summed E-state index contributed by atoms with van der Waals surface area (Å²) in [6, 6.07) is 14.7. The van der Waals surface area contributed by atoms with E-state index >= 15 is 0 Å². The number of hydrogen-bond acceptors (Lipinski definition) is 6. The first kappa shape index (κ1) is 23.5. The second-order valence-electron chi connectivity index (χ2n) is 7.18. The van der Waals surface area contributed by atoms with Crippen LogP contribution in [0.2, 0.25) is 10.0 Å². The molecule has 0 bridgehead atoms. The third-order valence-electron chi connectivity index (χ3n) is 4.95. The van der Waals surface area contributed by atoms with Crippen LogP contribution in [0.5, 0.6) is 5.75 Å². The molecule has 1 heterocycles. The number of nitrogen functional groups attached to an aromatic ring is 1. The molecule has 0 aromatic heterocycles. The largest absolute Gasteiger partial charge is 0.495 e. The maximum absolute atomic E-state index is 13.0. The molecular formula is C23H18Cl2N2O4S2. The van der Waals surface area contributed by atoms with Crippen molar-refractivity contribution in [1.82, 2.24) is 0 Å². The zero-order valence-electron chi connectivity index (χ0n) is 17.3. The molecule has 0 radical (unpaired) electrons. The number of amides is 1. The van der Waals surface area contributed by atoms with Crippen molar-refractivity contribution >= 4 is 68.2 Å². The van der Waals surface area contributed by atoms with E-state index < -0.39 is 9.84 Å². The van der Waals surface area contributed by atoms with Crippen molar-refractivity contribution in [3.63, 3.8) is 0 Å². The molecule has 1 aliphatic heterocycles. The average molecular weight is 521 g/mol. The van der Waals surface area contributed by atoms with Crippen molar-refractivity contribution < 1.29 is 17.9 Å². The SMILES string of the molecule is COc1ccc(/C=C2/Sc3ccc(S(=O)(=O)Cc4c(Cl)cccc4Cl)cc3NC2=O)cc1N. The van der Waals surface area contributed by atoms with Crippen LogP contribution in [0.1, 0.15) is 11.1 Å². The summed E-state index contributed by atoms with van der Waals surface area (Å²) in [6.45, 7) is 0. The summed E-state index contributed by atoms with van der Waals surface area (Å²) < 4.78 is 31.1. The Morgan fingerprint density at radius 2 is 1.82 bits per heavy atom. The molecule has 0 spiro atoms. The quantitative estimate of drug-likeness (QED) is 0.333. The molecule has 1 aliphatic rings. The smallest absolute Gasteiger partial charge is 0.262 e. The van der Waals surface area contributed by atoms with Gasteiger partial charge in [-0.05, 0) is 54.1 Å². The number of nitrogens with one attached hydrogen (secondary N) is 1. The molecule has 3 N–H and O–H groups in total. The minimum absolute atomic E-state index is 0.0634. The number of carbonyl (C=O) groups excluding carboxylic acids is 1. The van der Waals surface area contributed by atoms with E-state index in [1.54, 1.807) is 48.5 Å². The standard InChI is InChI=1S/C23H18Cl2N2O4S2/c1-31-20-7-5-13(9-18(20)26)10-22-23(28)27-19-11-14(6-8-21(19)32-22)33(29,30)12-15-16(24)3-2-4-17(15)25/h2-11H,12,26H2,1H3,(H,27,28)/b22-10+. The van der Waals surface area contributed by atoms with Gasteiger partial charge in [0.25, 0.3) is 5.91 Å². The molecule has 3 aromatic carbocycles. The van der Waals surface area contributed by atoms with Crippen molar-refractivity contribution in [2.75, 3.05) is 18.2 Å². The number of rotatable bonds is 5. The first-order valence-corrected chi connectivity index (χ1v) is 12.8. The summed E-state index contributed by atoms with van der Waals surface area (Å²) in [5.41, 5.74) is 7.90. The highest BCUT2D eigenvalue weighted by atomic mass is 35.5. The van der Waals surface area contributed by atoms with Crippen molar-refractivity contribution in [3.8, 4) is 5.75 Å². The second kappa shape index (κ2) is 9.30. The summed E-state index contributed by atoms with van der Waals surface area (Å²) in [4.78, 5) is 13.9. The Balaban J connectivity index is 1.61. The van der Waals surface area contributed by atoms with Gasteiger partial charge in [0.05, 0.1) is 34.0 Å². The monoisotopic (exact) mass is 520 g/mol. The number of anilines is 2. The number of fused-ring (bicyclic) bond motifs is 1. The fraction of sp³-hybridized carbons (Fsp3) is 0.0870. The summed E-state index contributed by atoms with van der Waals surface area (Å²) in [6.07, 6.45) is 1.71. The van der Waals surface area contributed by atoms with E-state index in [9.17, 15) is 13.2 Å². The Morgan fingerprint density at radius 3 is 2.48 bits per heavy atom. The van der Waals surface area contributed by atoms with E-state index in [1.807, 2.05) is 0 Å². The van der Waals surface area contributed by atoms with E-state index in [1.165, 1.54) is 31.0 Å². The lowest BCUT2D eigenvalue weighted by Crippen LogP contribution is -2.18. The molecule has 0 fully saturated rings. The lowest BCUT2D eigenvalue weighted by Gasteiger charge is -2.20. The number of nitrogens with two attached hydrogens (primary N) is 1. The van der Waals surface area contributed by atoms with Crippen molar-refractivity contribution in [2.24, 2.45) is 0 Å². The van der Waals surface area contributed by atoms with Gasteiger partial charge in [0.2, 0.25) is 0 Å². The van der Waals surface area contributed by atoms with E-state index in [0.717, 1.165) is 10.5 Å². The molecule has 1 amide bonds. The molecule has 33 heavy (non-hydrogen) atoms. The maximum atomic E-state index is 13.0. The van der Waals surface area contributed by atoms with E-state index in [2.05, 4.69) is 5.32 Å². The van der Waals surface area contributed by atoms with Gasteiger partial charge in [0, 0.05) is 20.5 Å². The van der Waals surface area contributed by atoms with Crippen LogP contribution in [-0.4, -0.2) is 21.4 Å². The number of thioether (sulfide) groups is 1. The van der Waals surface area contributed by atoms with Crippen LogP contribution in [0, 0.1) is 0 Å². The van der Waals surface area contributed by atoms with Gasteiger partial charge in [-0.15, -0.1) is 0 Å².